The van der Waals surface area contributed by atoms with Crippen LogP contribution in [0.15, 0.2) is 24.3 Å². The van der Waals surface area contributed by atoms with Gasteiger partial charge in [0.25, 0.3) is 5.91 Å². The summed E-state index contributed by atoms with van der Waals surface area (Å²) in [5.41, 5.74) is 0.518. The molecule has 1 aromatic rings. The summed E-state index contributed by atoms with van der Waals surface area (Å²) < 4.78 is 0. The molecule has 0 aliphatic carbocycles. The monoisotopic (exact) mass is 297 g/mol. The predicted octanol–water partition coefficient (Wildman–Crippen LogP) is 1.60. The van der Waals surface area contributed by atoms with Crippen molar-refractivity contribution in [2.45, 2.75) is 0 Å². The van der Waals surface area contributed by atoms with Crippen LogP contribution in [0.5, 0.6) is 0 Å². The molecule has 1 heterocycles. The summed E-state index contributed by atoms with van der Waals surface area (Å²) in [5, 5.41) is 3.77. The molecule has 1 saturated heterocycles. The van der Waals surface area contributed by atoms with E-state index in [1.54, 1.807) is 24.3 Å². The minimum atomic E-state index is -0.216. The molecule has 1 aromatic carbocycles. The summed E-state index contributed by atoms with van der Waals surface area (Å²) in [6, 6.07) is 6.82. The topological polar surface area (TPSA) is 35.6 Å². The number of piperazine rings is 1. The Balaban J connectivity index is 1.93. The molecule has 1 amide bonds. The van der Waals surface area contributed by atoms with Gasteiger partial charge in [-0.15, -0.1) is 0 Å². The standard InChI is InChI=1S/C13H16ClN3OS/c1-16-5-7-17(8-6-16)13(19)15-12(18)10-3-2-4-11(14)9-10/h2-4,9H,5-8H2,1H3,(H,15,18,19). The molecular formula is C13H16ClN3OS. The molecule has 1 aliphatic rings. The number of amides is 1. The fraction of sp³-hybridized carbons (Fsp3) is 0.385. The minimum absolute atomic E-state index is 0.216. The molecule has 0 saturated carbocycles. The smallest absolute Gasteiger partial charge is 0.257 e. The van der Waals surface area contributed by atoms with Crippen LogP contribution in [0.3, 0.4) is 0 Å². The second-order valence-corrected chi connectivity index (χ2v) is 5.38. The first-order valence-corrected chi connectivity index (χ1v) is 6.89. The predicted molar refractivity (Wildman–Crippen MR) is 80.6 cm³/mol. The number of carbonyl (C=O) groups is 1. The van der Waals surface area contributed by atoms with Crippen LogP contribution < -0.4 is 5.32 Å². The molecule has 0 aromatic heterocycles. The maximum absolute atomic E-state index is 12.0. The van der Waals surface area contributed by atoms with Crippen molar-refractivity contribution in [3.63, 3.8) is 0 Å². The highest BCUT2D eigenvalue weighted by molar-refractivity contribution is 7.80. The zero-order valence-corrected chi connectivity index (χ0v) is 12.3. The molecule has 0 unspecified atom stereocenters. The lowest BCUT2D eigenvalue weighted by atomic mass is 10.2. The average molecular weight is 298 g/mol. The number of benzene rings is 1. The van der Waals surface area contributed by atoms with Crippen LogP contribution in [0.25, 0.3) is 0 Å². The highest BCUT2D eigenvalue weighted by atomic mass is 35.5. The SMILES string of the molecule is CN1CCN(C(=S)NC(=O)c2cccc(Cl)c2)CC1. The maximum Gasteiger partial charge on any atom is 0.257 e. The molecule has 6 heteroatoms. The second-order valence-electron chi connectivity index (χ2n) is 4.56. The summed E-state index contributed by atoms with van der Waals surface area (Å²) in [5.74, 6) is -0.216. The second kappa shape index (κ2) is 6.32. The summed E-state index contributed by atoms with van der Waals surface area (Å²) >= 11 is 11.1. The van der Waals surface area contributed by atoms with Crippen LogP contribution in [0, 0.1) is 0 Å². The van der Waals surface area contributed by atoms with Crippen molar-refractivity contribution in [1.82, 2.24) is 15.1 Å². The Kier molecular flexibility index (Phi) is 4.74. The number of hydrogen-bond acceptors (Lipinski definition) is 3. The maximum atomic E-state index is 12.0. The Morgan fingerprint density at radius 1 is 1.32 bits per heavy atom. The lowest BCUT2D eigenvalue weighted by Gasteiger charge is -2.33. The van der Waals surface area contributed by atoms with Gasteiger partial charge in [-0.05, 0) is 37.5 Å². The molecule has 4 nitrogen and oxygen atoms in total. The van der Waals surface area contributed by atoms with E-state index < -0.39 is 0 Å². The number of hydrogen-bond donors (Lipinski definition) is 1. The van der Waals surface area contributed by atoms with E-state index >= 15 is 0 Å². The Morgan fingerprint density at radius 2 is 2.00 bits per heavy atom. The quantitative estimate of drug-likeness (QED) is 0.799. The lowest BCUT2D eigenvalue weighted by Crippen LogP contribution is -2.51. The molecule has 19 heavy (non-hydrogen) atoms. The van der Waals surface area contributed by atoms with Gasteiger partial charge in [0.05, 0.1) is 0 Å². The number of likely N-dealkylation sites (N-methyl/N-ethyl adjacent to an activating group) is 1. The molecular weight excluding hydrogens is 282 g/mol. The molecule has 0 radical (unpaired) electrons. The van der Waals surface area contributed by atoms with Crippen LogP contribution in [-0.4, -0.2) is 54.0 Å². The van der Waals surface area contributed by atoms with E-state index in [0.29, 0.717) is 15.7 Å². The molecule has 0 atom stereocenters. The van der Waals surface area contributed by atoms with Crippen molar-refractivity contribution in [2.24, 2.45) is 0 Å². The molecule has 1 aliphatic heterocycles. The molecule has 2 rings (SSSR count). The number of halogens is 1. The van der Waals surface area contributed by atoms with Gasteiger partial charge in [0, 0.05) is 36.8 Å². The van der Waals surface area contributed by atoms with Crippen molar-refractivity contribution in [2.75, 3.05) is 33.2 Å². The fourth-order valence-electron chi connectivity index (χ4n) is 1.89. The third-order valence-electron chi connectivity index (χ3n) is 3.10. The zero-order valence-electron chi connectivity index (χ0n) is 10.7. The van der Waals surface area contributed by atoms with Crippen LogP contribution in [-0.2, 0) is 0 Å². The molecule has 102 valence electrons. The molecule has 0 bridgehead atoms. The van der Waals surface area contributed by atoms with Gasteiger partial charge in [0.15, 0.2) is 5.11 Å². The van der Waals surface area contributed by atoms with E-state index in [4.69, 9.17) is 23.8 Å². The van der Waals surface area contributed by atoms with Crippen LogP contribution in [0.4, 0.5) is 0 Å². The fourth-order valence-corrected chi connectivity index (χ4v) is 2.35. The van der Waals surface area contributed by atoms with Crippen molar-refractivity contribution in [3.8, 4) is 0 Å². The number of rotatable bonds is 1. The van der Waals surface area contributed by atoms with Gasteiger partial charge in [-0.25, -0.2) is 0 Å². The van der Waals surface area contributed by atoms with Crippen molar-refractivity contribution < 1.29 is 4.79 Å². The Morgan fingerprint density at radius 3 is 2.63 bits per heavy atom. The van der Waals surface area contributed by atoms with E-state index in [0.717, 1.165) is 26.2 Å². The van der Waals surface area contributed by atoms with Crippen molar-refractivity contribution in [1.29, 1.82) is 0 Å². The largest absolute Gasteiger partial charge is 0.346 e. The summed E-state index contributed by atoms with van der Waals surface area (Å²) in [6.45, 7) is 3.58. The zero-order chi connectivity index (χ0) is 13.8. The first-order chi connectivity index (χ1) is 9.06. The van der Waals surface area contributed by atoms with Crippen LogP contribution in [0.2, 0.25) is 5.02 Å². The van der Waals surface area contributed by atoms with E-state index in [1.165, 1.54) is 0 Å². The van der Waals surface area contributed by atoms with Gasteiger partial charge in [0.2, 0.25) is 0 Å². The van der Waals surface area contributed by atoms with E-state index in [1.807, 2.05) is 4.90 Å². The molecule has 0 spiro atoms. The first-order valence-electron chi connectivity index (χ1n) is 6.10. The number of nitrogens with zero attached hydrogens (tertiary/aromatic N) is 2. The van der Waals surface area contributed by atoms with Gasteiger partial charge in [-0.2, -0.15) is 0 Å². The number of nitrogens with one attached hydrogen (secondary N) is 1. The van der Waals surface area contributed by atoms with Crippen molar-refractivity contribution >= 4 is 34.8 Å². The van der Waals surface area contributed by atoms with Gasteiger partial charge in [-0.1, -0.05) is 17.7 Å². The highest BCUT2D eigenvalue weighted by Gasteiger charge is 2.18. The van der Waals surface area contributed by atoms with Crippen LogP contribution in [0.1, 0.15) is 10.4 Å². The Bertz CT molecular complexity index is 487. The highest BCUT2D eigenvalue weighted by Crippen LogP contribution is 2.10. The van der Waals surface area contributed by atoms with E-state index in [9.17, 15) is 4.79 Å². The summed E-state index contributed by atoms with van der Waals surface area (Å²) in [6.07, 6.45) is 0. The number of thiocarbonyl (C=S) groups is 1. The third kappa shape index (κ3) is 3.89. The van der Waals surface area contributed by atoms with E-state index in [-0.39, 0.29) is 5.91 Å². The Labute approximate surface area is 123 Å². The normalized spacial score (nSPS) is 16.2. The van der Waals surface area contributed by atoms with E-state index in [2.05, 4.69) is 17.3 Å². The van der Waals surface area contributed by atoms with Gasteiger partial charge >= 0.3 is 0 Å². The minimum Gasteiger partial charge on any atom is -0.346 e. The summed E-state index contributed by atoms with van der Waals surface area (Å²) in [4.78, 5) is 16.3. The molecule has 1 fully saturated rings. The average Bonchev–Trinajstić information content (AvgIpc) is 2.39. The van der Waals surface area contributed by atoms with Crippen LogP contribution >= 0.6 is 23.8 Å². The van der Waals surface area contributed by atoms with Gasteiger partial charge < -0.3 is 9.80 Å². The first kappa shape index (κ1) is 14.2. The van der Waals surface area contributed by atoms with Gasteiger partial charge in [-0.3, -0.25) is 10.1 Å². The summed E-state index contributed by atoms with van der Waals surface area (Å²) in [7, 11) is 2.07. The lowest BCUT2D eigenvalue weighted by molar-refractivity contribution is 0.0970. The third-order valence-corrected chi connectivity index (χ3v) is 3.69. The van der Waals surface area contributed by atoms with Crippen molar-refractivity contribution in [3.05, 3.63) is 34.9 Å². The van der Waals surface area contributed by atoms with Gasteiger partial charge in [0.1, 0.15) is 0 Å². The number of carbonyl (C=O) groups excluding carboxylic acids is 1. The molecule has 1 N–H and O–H groups in total. The Hall–Kier alpha value is -1.17.